The lowest BCUT2D eigenvalue weighted by molar-refractivity contribution is 0.0939. The van der Waals surface area contributed by atoms with Crippen LogP contribution >= 0.6 is 0 Å². The van der Waals surface area contributed by atoms with Crippen LogP contribution in [-0.4, -0.2) is 24.7 Å². The van der Waals surface area contributed by atoms with E-state index in [1.165, 1.54) is 19.3 Å². The molecule has 4 nitrogen and oxygen atoms in total. The van der Waals surface area contributed by atoms with E-state index >= 15 is 0 Å². The van der Waals surface area contributed by atoms with E-state index in [9.17, 15) is 4.79 Å². The summed E-state index contributed by atoms with van der Waals surface area (Å²) in [6.07, 6.45) is 4.84. The van der Waals surface area contributed by atoms with Gasteiger partial charge in [0.1, 0.15) is 0 Å². The van der Waals surface area contributed by atoms with Gasteiger partial charge in [-0.2, -0.15) is 5.10 Å². The Bertz CT molecular complexity index is 517. The summed E-state index contributed by atoms with van der Waals surface area (Å²) in [6, 6.07) is 7.71. The third kappa shape index (κ3) is 2.84. The lowest BCUT2D eigenvalue weighted by atomic mass is 9.85. The molecule has 0 spiro atoms. The molecule has 0 atom stereocenters. The molecule has 0 unspecified atom stereocenters. The predicted molar refractivity (Wildman–Crippen MR) is 81.2 cm³/mol. The van der Waals surface area contributed by atoms with Gasteiger partial charge in [-0.25, -0.2) is 0 Å². The van der Waals surface area contributed by atoms with Gasteiger partial charge in [-0.05, 0) is 49.9 Å². The number of hydrogen-bond donors (Lipinski definition) is 1. The molecule has 1 aromatic carbocycles. The molecule has 1 N–H and O–H groups in total. The fourth-order valence-electron chi connectivity index (χ4n) is 2.58. The topological polar surface area (TPSA) is 44.7 Å². The minimum atomic E-state index is 0.0320. The average molecular weight is 271 g/mol. The van der Waals surface area contributed by atoms with Crippen molar-refractivity contribution in [3.8, 4) is 0 Å². The summed E-state index contributed by atoms with van der Waals surface area (Å²) in [5.74, 6) is 0.727. The van der Waals surface area contributed by atoms with Crippen LogP contribution in [0.15, 0.2) is 29.4 Å². The van der Waals surface area contributed by atoms with Gasteiger partial charge in [0.15, 0.2) is 0 Å². The smallest absolute Gasteiger partial charge is 0.251 e. The Kier molecular flexibility index (Phi) is 3.72. The van der Waals surface area contributed by atoms with Gasteiger partial charge in [-0.1, -0.05) is 6.42 Å². The van der Waals surface area contributed by atoms with E-state index in [4.69, 9.17) is 0 Å². The molecule has 1 amide bonds. The zero-order chi connectivity index (χ0) is 13.9. The number of amides is 1. The molecular weight excluding hydrogens is 250 g/mol. The highest BCUT2D eigenvalue weighted by atomic mass is 16.1. The minimum Gasteiger partial charge on any atom is -0.352 e. The van der Waals surface area contributed by atoms with Crippen molar-refractivity contribution in [3.05, 3.63) is 29.8 Å². The number of rotatable bonds is 4. The van der Waals surface area contributed by atoms with Gasteiger partial charge in [0.05, 0.1) is 5.69 Å². The molecule has 1 aliphatic carbocycles. The minimum absolute atomic E-state index is 0.0320. The van der Waals surface area contributed by atoms with E-state index in [0.29, 0.717) is 5.92 Å². The highest BCUT2D eigenvalue weighted by Gasteiger charge is 2.18. The van der Waals surface area contributed by atoms with Crippen molar-refractivity contribution in [2.75, 3.05) is 18.1 Å². The van der Waals surface area contributed by atoms with Gasteiger partial charge in [0, 0.05) is 30.8 Å². The lowest BCUT2D eigenvalue weighted by Crippen LogP contribution is -2.32. The van der Waals surface area contributed by atoms with E-state index in [-0.39, 0.29) is 5.91 Å². The Morgan fingerprint density at radius 2 is 2.10 bits per heavy atom. The Balaban J connectivity index is 1.59. The van der Waals surface area contributed by atoms with Gasteiger partial charge < -0.3 is 5.32 Å². The van der Waals surface area contributed by atoms with E-state index in [2.05, 4.69) is 10.4 Å². The monoisotopic (exact) mass is 271 g/mol. The predicted octanol–water partition coefficient (Wildman–Crippen LogP) is 2.80. The van der Waals surface area contributed by atoms with Crippen molar-refractivity contribution < 1.29 is 4.79 Å². The number of carbonyl (C=O) groups is 1. The molecular formula is C16H21N3O. The number of hydrogen-bond acceptors (Lipinski definition) is 3. The molecule has 0 aromatic heterocycles. The number of carbonyl (C=O) groups excluding carboxylic acids is 1. The average Bonchev–Trinajstić information content (AvgIpc) is 2.84. The van der Waals surface area contributed by atoms with Gasteiger partial charge in [-0.15, -0.1) is 0 Å². The van der Waals surface area contributed by atoms with Gasteiger partial charge in [-0.3, -0.25) is 9.80 Å². The second-order valence-electron chi connectivity index (χ2n) is 5.76. The van der Waals surface area contributed by atoms with E-state index < -0.39 is 0 Å². The summed E-state index contributed by atoms with van der Waals surface area (Å²) in [6.45, 7) is 3.79. The van der Waals surface area contributed by atoms with Crippen LogP contribution in [0, 0.1) is 5.92 Å². The summed E-state index contributed by atoms with van der Waals surface area (Å²) in [5.41, 5.74) is 2.94. The van der Waals surface area contributed by atoms with Gasteiger partial charge >= 0.3 is 0 Å². The van der Waals surface area contributed by atoms with E-state index in [1.54, 1.807) is 0 Å². The third-order valence-corrected chi connectivity index (χ3v) is 4.18. The number of benzene rings is 1. The molecule has 1 heterocycles. The van der Waals surface area contributed by atoms with Crippen molar-refractivity contribution in [1.29, 1.82) is 0 Å². The SMILES string of the molecule is CC1=NN(c2ccc(C(=O)NCC3CCC3)cc2)CC1. The summed E-state index contributed by atoms with van der Waals surface area (Å²) in [5, 5.41) is 9.47. The van der Waals surface area contributed by atoms with Crippen LogP contribution in [0.25, 0.3) is 0 Å². The zero-order valence-electron chi connectivity index (χ0n) is 11.9. The first kappa shape index (κ1) is 13.2. The molecule has 1 fully saturated rings. The lowest BCUT2D eigenvalue weighted by Gasteiger charge is -2.25. The zero-order valence-corrected chi connectivity index (χ0v) is 11.9. The van der Waals surface area contributed by atoms with Crippen LogP contribution in [0.5, 0.6) is 0 Å². The van der Waals surface area contributed by atoms with Gasteiger partial charge in [0.25, 0.3) is 5.91 Å². The Labute approximate surface area is 119 Å². The second-order valence-corrected chi connectivity index (χ2v) is 5.76. The van der Waals surface area contributed by atoms with Crippen molar-refractivity contribution in [2.45, 2.75) is 32.6 Å². The molecule has 2 aliphatic rings. The Morgan fingerprint density at radius 3 is 2.65 bits per heavy atom. The van der Waals surface area contributed by atoms with Crippen LogP contribution in [0.4, 0.5) is 5.69 Å². The molecule has 0 radical (unpaired) electrons. The molecule has 1 aliphatic heterocycles. The number of nitrogens with zero attached hydrogens (tertiary/aromatic N) is 2. The number of hydrazone groups is 1. The van der Waals surface area contributed by atoms with Crippen molar-refractivity contribution >= 4 is 17.3 Å². The van der Waals surface area contributed by atoms with Crippen LogP contribution in [0.2, 0.25) is 0 Å². The molecule has 20 heavy (non-hydrogen) atoms. The largest absolute Gasteiger partial charge is 0.352 e. The number of anilines is 1. The third-order valence-electron chi connectivity index (χ3n) is 4.18. The molecule has 0 bridgehead atoms. The standard InChI is InChI=1S/C16H21N3O/c1-12-9-10-19(18-12)15-7-5-14(6-8-15)16(20)17-11-13-3-2-4-13/h5-8,13H,2-4,9-11H2,1H3,(H,17,20). The quantitative estimate of drug-likeness (QED) is 0.915. The van der Waals surface area contributed by atoms with Crippen LogP contribution < -0.4 is 10.3 Å². The van der Waals surface area contributed by atoms with Crippen molar-refractivity contribution in [2.24, 2.45) is 11.0 Å². The summed E-state index contributed by atoms with van der Waals surface area (Å²) in [4.78, 5) is 12.0. The number of nitrogens with one attached hydrogen (secondary N) is 1. The van der Waals surface area contributed by atoms with E-state index in [1.807, 2.05) is 36.2 Å². The molecule has 4 heteroatoms. The molecule has 1 saturated carbocycles. The Hall–Kier alpha value is -1.84. The van der Waals surface area contributed by atoms with Crippen LogP contribution in [0.3, 0.4) is 0 Å². The molecule has 0 saturated heterocycles. The summed E-state index contributed by atoms with van der Waals surface area (Å²) < 4.78 is 0. The first-order chi connectivity index (χ1) is 9.72. The van der Waals surface area contributed by atoms with E-state index in [0.717, 1.165) is 36.5 Å². The Morgan fingerprint density at radius 1 is 1.35 bits per heavy atom. The van der Waals surface area contributed by atoms with Crippen molar-refractivity contribution in [3.63, 3.8) is 0 Å². The first-order valence-electron chi connectivity index (χ1n) is 7.42. The summed E-state index contributed by atoms with van der Waals surface area (Å²) >= 11 is 0. The molecule has 1 aromatic rings. The van der Waals surface area contributed by atoms with Gasteiger partial charge in [0.2, 0.25) is 0 Å². The van der Waals surface area contributed by atoms with Crippen LogP contribution in [-0.2, 0) is 0 Å². The maximum Gasteiger partial charge on any atom is 0.251 e. The second kappa shape index (κ2) is 5.65. The normalized spacial score (nSPS) is 18.6. The maximum absolute atomic E-state index is 12.0. The molecule has 106 valence electrons. The van der Waals surface area contributed by atoms with Crippen molar-refractivity contribution in [1.82, 2.24) is 5.32 Å². The fraction of sp³-hybridized carbons (Fsp3) is 0.500. The summed E-state index contributed by atoms with van der Waals surface area (Å²) in [7, 11) is 0. The first-order valence-corrected chi connectivity index (χ1v) is 7.42. The maximum atomic E-state index is 12.0. The fourth-order valence-corrected chi connectivity index (χ4v) is 2.58. The highest BCUT2D eigenvalue weighted by Crippen LogP contribution is 2.25. The molecule has 3 rings (SSSR count). The van der Waals surface area contributed by atoms with Crippen LogP contribution in [0.1, 0.15) is 43.0 Å². The highest BCUT2D eigenvalue weighted by molar-refractivity contribution is 5.94.